The molecule has 1 aromatic carbocycles. The number of hydrogen-bond donors (Lipinski definition) is 1. The SMILES string of the molecule is O=C(CN1CCCN(Cc2ccc(F)cc2Cl)C1=O)NCc1cccnc1. The zero-order valence-corrected chi connectivity index (χ0v) is 15.5. The topological polar surface area (TPSA) is 65.5 Å². The van der Waals surface area contributed by atoms with Crippen LogP contribution in [0.5, 0.6) is 0 Å². The number of carbonyl (C=O) groups excluding carboxylic acids is 2. The predicted molar refractivity (Wildman–Crippen MR) is 99.5 cm³/mol. The van der Waals surface area contributed by atoms with Crippen LogP contribution in [0.4, 0.5) is 9.18 Å². The van der Waals surface area contributed by atoms with E-state index in [2.05, 4.69) is 10.3 Å². The van der Waals surface area contributed by atoms with Gasteiger partial charge in [-0.25, -0.2) is 9.18 Å². The highest BCUT2D eigenvalue weighted by atomic mass is 35.5. The molecule has 0 saturated carbocycles. The minimum absolute atomic E-state index is 0.00720. The number of halogens is 2. The fraction of sp³-hybridized carbons (Fsp3) is 0.316. The van der Waals surface area contributed by atoms with E-state index in [1.807, 2.05) is 6.07 Å². The quantitative estimate of drug-likeness (QED) is 0.824. The number of carbonyl (C=O) groups is 2. The molecule has 3 rings (SSSR count). The van der Waals surface area contributed by atoms with Gasteiger partial charge in [0, 0.05) is 43.6 Å². The van der Waals surface area contributed by atoms with E-state index >= 15 is 0 Å². The maximum Gasteiger partial charge on any atom is 0.320 e. The highest BCUT2D eigenvalue weighted by molar-refractivity contribution is 6.31. The molecular weight excluding hydrogens is 371 g/mol. The van der Waals surface area contributed by atoms with Gasteiger partial charge in [-0.1, -0.05) is 23.7 Å². The van der Waals surface area contributed by atoms with Gasteiger partial charge >= 0.3 is 6.03 Å². The zero-order chi connectivity index (χ0) is 19.2. The normalized spacial score (nSPS) is 14.4. The predicted octanol–water partition coefficient (Wildman–Crippen LogP) is 2.82. The summed E-state index contributed by atoms with van der Waals surface area (Å²) in [5, 5.41) is 3.08. The molecule has 1 aromatic heterocycles. The van der Waals surface area contributed by atoms with E-state index in [0.717, 1.165) is 12.0 Å². The summed E-state index contributed by atoms with van der Waals surface area (Å²) in [4.78, 5) is 32.0. The molecule has 6 nitrogen and oxygen atoms in total. The maximum atomic E-state index is 13.2. The summed E-state index contributed by atoms with van der Waals surface area (Å²) in [5.41, 5.74) is 1.57. The van der Waals surface area contributed by atoms with Crippen molar-refractivity contribution in [3.8, 4) is 0 Å². The molecule has 1 fully saturated rings. The Bertz CT molecular complexity index is 819. The molecule has 142 valence electrons. The third-order valence-corrected chi connectivity index (χ3v) is 4.67. The van der Waals surface area contributed by atoms with Crippen LogP contribution in [0.3, 0.4) is 0 Å². The van der Waals surface area contributed by atoms with Gasteiger partial charge in [-0.2, -0.15) is 0 Å². The Labute approximate surface area is 161 Å². The third-order valence-electron chi connectivity index (χ3n) is 4.32. The van der Waals surface area contributed by atoms with E-state index in [0.29, 0.717) is 25.2 Å². The van der Waals surface area contributed by atoms with Crippen molar-refractivity contribution in [2.45, 2.75) is 19.5 Å². The second-order valence-corrected chi connectivity index (χ2v) is 6.76. The van der Waals surface area contributed by atoms with Gasteiger partial charge in [0.05, 0.1) is 0 Å². The van der Waals surface area contributed by atoms with Crippen molar-refractivity contribution >= 4 is 23.5 Å². The van der Waals surface area contributed by atoms with Crippen LogP contribution in [0.25, 0.3) is 0 Å². The largest absolute Gasteiger partial charge is 0.350 e. The average molecular weight is 391 g/mol. The Hall–Kier alpha value is -2.67. The van der Waals surface area contributed by atoms with Crippen LogP contribution < -0.4 is 5.32 Å². The minimum atomic E-state index is -0.416. The molecule has 2 heterocycles. The Morgan fingerprint density at radius 1 is 1.26 bits per heavy atom. The molecule has 8 heteroatoms. The van der Waals surface area contributed by atoms with Gasteiger partial charge < -0.3 is 15.1 Å². The first-order chi connectivity index (χ1) is 13.0. The first-order valence-electron chi connectivity index (χ1n) is 8.66. The fourth-order valence-electron chi connectivity index (χ4n) is 2.93. The van der Waals surface area contributed by atoms with Crippen LogP contribution in [-0.2, 0) is 17.9 Å². The van der Waals surface area contributed by atoms with Gasteiger partial charge in [-0.15, -0.1) is 0 Å². The molecule has 1 N–H and O–H groups in total. The van der Waals surface area contributed by atoms with Crippen LogP contribution in [0.1, 0.15) is 17.5 Å². The van der Waals surface area contributed by atoms with E-state index in [1.165, 1.54) is 17.0 Å². The van der Waals surface area contributed by atoms with E-state index in [1.54, 1.807) is 29.4 Å². The van der Waals surface area contributed by atoms with Gasteiger partial charge in [0.15, 0.2) is 0 Å². The van der Waals surface area contributed by atoms with Gasteiger partial charge in [0.2, 0.25) is 5.91 Å². The van der Waals surface area contributed by atoms with Gasteiger partial charge in [-0.05, 0) is 35.7 Å². The molecule has 0 unspecified atom stereocenters. The molecule has 1 aliphatic rings. The second-order valence-electron chi connectivity index (χ2n) is 6.35. The van der Waals surface area contributed by atoms with E-state index in [-0.39, 0.29) is 30.1 Å². The Kier molecular flexibility index (Phi) is 6.24. The molecule has 0 spiro atoms. The highest BCUT2D eigenvalue weighted by Crippen LogP contribution is 2.21. The molecule has 1 aliphatic heterocycles. The van der Waals surface area contributed by atoms with Crippen LogP contribution in [0.15, 0.2) is 42.7 Å². The van der Waals surface area contributed by atoms with Crippen LogP contribution in [0.2, 0.25) is 5.02 Å². The lowest BCUT2D eigenvalue weighted by Gasteiger charge is -2.35. The van der Waals surface area contributed by atoms with Crippen LogP contribution >= 0.6 is 11.6 Å². The van der Waals surface area contributed by atoms with Crippen molar-refractivity contribution in [3.63, 3.8) is 0 Å². The molecule has 0 bridgehead atoms. The fourth-order valence-corrected chi connectivity index (χ4v) is 3.15. The maximum absolute atomic E-state index is 13.2. The van der Waals surface area contributed by atoms with E-state index < -0.39 is 5.82 Å². The summed E-state index contributed by atoms with van der Waals surface area (Å²) >= 11 is 6.06. The van der Waals surface area contributed by atoms with Crippen molar-refractivity contribution in [2.24, 2.45) is 0 Å². The van der Waals surface area contributed by atoms with E-state index in [9.17, 15) is 14.0 Å². The van der Waals surface area contributed by atoms with Crippen LogP contribution in [-0.4, -0.2) is 46.4 Å². The number of nitrogens with one attached hydrogen (secondary N) is 1. The molecule has 0 aliphatic carbocycles. The summed E-state index contributed by atoms with van der Waals surface area (Å²) in [7, 11) is 0. The second kappa shape index (κ2) is 8.81. The number of urea groups is 1. The van der Waals surface area contributed by atoms with Crippen molar-refractivity contribution in [1.82, 2.24) is 20.1 Å². The van der Waals surface area contributed by atoms with Crippen molar-refractivity contribution in [2.75, 3.05) is 19.6 Å². The highest BCUT2D eigenvalue weighted by Gasteiger charge is 2.27. The smallest absolute Gasteiger partial charge is 0.320 e. The van der Waals surface area contributed by atoms with Crippen molar-refractivity contribution < 1.29 is 14.0 Å². The van der Waals surface area contributed by atoms with Crippen LogP contribution in [0, 0.1) is 5.82 Å². The molecule has 0 radical (unpaired) electrons. The first kappa shape index (κ1) is 19.1. The van der Waals surface area contributed by atoms with Gasteiger partial charge in [-0.3, -0.25) is 9.78 Å². The monoisotopic (exact) mass is 390 g/mol. The summed E-state index contributed by atoms with van der Waals surface area (Å²) in [5.74, 6) is -0.644. The number of hydrogen-bond acceptors (Lipinski definition) is 3. The summed E-state index contributed by atoms with van der Waals surface area (Å²) in [6, 6.07) is 7.57. The Morgan fingerprint density at radius 3 is 2.81 bits per heavy atom. The number of amides is 3. The number of pyridine rings is 1. The van der Waals surface area contributed by atoms with Crippen molar-refractivity contribution in [1.29, 1.82) is 0 Å². The Balaban J connectivity index is 1.55. The molecule has 0 atom stereocenters. The lowest BCUT2D eigenvalue weighted by molar-refractivity contribution is -0.122. The first-order valence-corrected chi connectivity index (χ1v) is 9.04. The number of benzene rings is 1. The molecular formula is C19H20ClFN4O2. The number of nitrogens with zero attached hydrogens (tertiary/aromatic N) is 3. The molecule has 2 aromatic rings. The van der Waals surface area contributed by atoms with Gasteiger partial charge in [0.1, 0.15) is 12.4 Å². The Morgan fingerprint density at radius 2 is 2.07 bits per heavy atom. The number of aromatic nitrogens is 1. The average Bonchev–Trinajstić information content (AvgIpc) is 2.66. The van der Waals surface area contributed by atoms with Gasteiger partial charge in [0.25, 0.3) is 0 Å². The lowest BCUT2D eigenvalue weighted by Crippen LogP contribution is -2.51. The third kappa shape index (κ3) is 5.17. The molecule has 27 heavy (non-hydrogen) atoms. The standard InChI is InChI=1S/C19H20ClFN4O2/c20-17-9-16(21)5-4-15(17)12-24-7-2-8-25(19(24)27)13-18(26)23-11-14-3-1-6-22-10-14/h1,3-6,9-10H,2,7-8,11-13H2,(H,23,26). The lowest BCUT2D eigenvalue weighted by atomic mass is 10.2. The summed E-state index contributed by atoms with van der Waals surface area (Å²) in [6.07, 6.45) is 4.10. The zero-order valence-electron chi connectivity index (χ0n) is 14.7. The van der Waals surface area contributed by atoms with E-state index in [4.69, 9.17) is 11.6 Å². The van der Waals surface area contributed by atoms with Crippen molar-refractivity contribution in [3.05, 3.63) is 64.7 Å². The molecule has 3 amide bonds. The minimum Gasteiger partial charge on any atom is -0.350 e. The summed E-state index contributed by atoms with van der Waals surface area (Å²) in [6.45, 7) is 1.73. The molecule has 1 saturated heterocycles. The number of rotatable bonds is 6. The summed E-state index contributed by atoms with van der Waals surface area (Å²) < 4.78 is 13.2.